The lowest BCUT2D eigenvalue weighted by Crippen LogP contribution is -2.14. The van der Waals surface area contributed by atoms with Crippen molar-refractivity contribution in [3.8, 4) is 0 Å². The van der Waals surface area contributed by atoms with Crippen LogP contribution in [0.25, 0.3) is 0 Å². The van der Waals surface area contributed by atoms with Crippen LogP contribution in [0.1, 0.15) is 37.7 Å². The topological polar surface area (TPSA) is 82.2 Å². The van der Waals surface area contributed by atoms with Crippen molar-refractivity contribution in [3.05, 3.63) is 52.3 Å². The number of rotatable bonds is 3. The summed E-state index contributed by atoms with van der Waals surface area (Å²) < 4.78 is 0. The number of aromatic amines is 1. The molecule has 0 saturated heterocycles. The standard InChI is InChI=1S/C15H16N2O3/c1-8-6-4-5-7-11(8)17-14(18)12-9(2)13(15(19)20)16-10(12)3/h4-7,16H,1-3H3,(H,17,18)(H,19,20). The number of anilines is 1. The van der Waals surface area contributed by atoms with Crippen LogP contribution in [0.15, 0.2) is 24.3 Å². The summed E-state index contributed by atoms with van der Waals surface area (Å²) in [5, 5.41) is 11.9. The number of benzene rings is 1. The van der Waals surface area contributed by atoms with Crippen molar-refractivity contribution in [3.63, 3.8) is 0 Å². The van der Waals surface area contributed by atoms with Gasteiger partial charge in [0.05, 0.1) is 5.56 Å². The number of aromatic carboxylic acids is 1. The van der Waals surface area contributed by atoms with E-state index in [4.69, 9.17) is 5.11 Å². The van der Waals surface area contributed by atoms with Gasteiger partial charge in [0, 0.05) is 11.4 Å². The minimum Gasteiger partial charge on any atom is -0.477 e. The first-order valence-corrected chi connectivity index (χ1v) is 6.21. The van der Waals surface area contributed by atoms with Crippen LogP contribution in [0.3, 0.4) is 0 Å². The molecule has 1 heterocycles. The molecule has 0 aliphatic heterocycles. The zero-order chi connectivity index (χ0) is 14.9. The normalized spacial score (nSPS) is 10.3. The van der Waals surface area contributed by atoms with E-state index in [0.29, 0.717) is 16.8 Å². The Hall–Kier alpha value is -2.56. The molecule has 1 aromatic heterocycles. The van der Waals surface area contributed by atoms with E-state index in [-0.39, 0.29) is 11.6 Å². The number of para-hydroxylation sites is 1. The molecule has 0 spiro atoms. The van der Waals surface area contributed by atoms with E-state index >= 15 is 0 Å². The van der Waals surface area contributed by atoms with Crippen molar-refractivity contribution in [1.29, 1.82) is 0 Å². The Kier molecular flexibility index (Phi) is 3.61. The van der Waals surface area contributed by atoms with Gasteiger partial charge in [0.15, 0.2) is 0 Å². The lowest BCUT2D eigenvalue weighted by Gasteiger charge is -2.08. The van der Waals surface area contributed by atoms with Crippen molar-refractivity contribution < 1.29 is 14.7 Å². The molecule has 0 unspecified atom stereocenters. The molecule has 0 atom stereocenters. The summed E-state index contributed by atoms with van der Waals surface area (Å²) in [7, 11) is 0. The van der Waals surface area contributed by atoms with Crippen LogP contribution in [0.2, 0.25) is 0 Å². The molecule has 20 heavy (non-hydrogen) atoms. The Labute approximate surface area is 116 Å². The van der Waals surface area contributed by atoms with E-state index in [9.17, 15) is 9.59 Å². The van der Waals surface area contributed by atoms with Gasteiger partial charge in [-0.2, -0.15) is 0 Å². The molecule has 0 fully saturated rings. The molecule has 0 aliphatic carbocycles. The molecule has 0 bridgehead atoms. The van der Waals surface area contributed by atoms with E-state index in [2.05, 4.69) is 10.3 Å². The molecule has 0 aliphatic rings. The first-order valence-electron chi connectivity index (χ1n) is 6.21. The van der Waals surface area contributed by atoms with Crippen molar-refractivity contribution in [1.82, 2.24) is 4.98 Å². The van der Waals surface area contributed by atoms with Crippen molar-refractivity contribution >= 4 is 17.6 Å². The molecule has 2 rings (SSSR count). The fourth-order valence-corrected chi connectivity index (χ4v) is 2.20. The zero-order valence-electron chi connectivity index (χ0n) is 11.6. The highest BCUT2D eigenvalue weighted by Gasteiger charge is 2.21. The minimum absolute atomic E-state index is 0.0532. The van der Waals surface area contributed by atoms with Crippen LogP contribution in [0, 0.1) is 20.8 Å². The second-order valence-electron chi connectivity index (χ2n) is 4.70. The second-order valence-corrected chi connectivity index (χ2v) is 4.70. The summed E-state index contributed by atoms with van der Waals surface area (Å²) in [6, 6.07) is 7.43. The van der Waals surface area contributed by atoms with Gasteiger partial charge in [0.1, 0.15) is 5.69 Å². The Bertz CT molecular complexity index is 686. The average Bonchev–Trinajstić information content (AvgIpc) is 2.68. The van der Waals surface area contributed by atoms with Crippen LogP contribution in [-0.2, 0) is 0 Å². The molecule has 1 aromatic carbocycles. The molecule has 0 saturated carbocycles. The van der Waals surface area contributed by atoms with Gasteiger partial charge in [0.25, 0.3) is 5.91 Å². The number of amides is 1. The van der Waals surface area contributed by atoms with E-state index < -0.39 is 5.97 Å². The van der Waals surface area contributed by atoms with Gasteiger partial charge in [-0.05, 0) is 38.0 Å². The van der Waals surface area contributed by atoms with Crippen molar-refractivity contribution in [2.24, 2.45) is 0 Å². The summed E-state index contributed by atoms with van der Waals surface area (Å²) in [6.45, 7) is 5.21. The molecular formula is C15H16N2O3. The van der Waals surface area contributed by atoms with Crippen LogP contribution in [0.4, 0.5) is 5.69 Å². The summed E-state index contributed by atoms with van der Waals surface area (Å²) in [5.74, 6) is -1.38. The number of aryl methyl sites for hydroxylation is 2. The van der Waals surface area contributed by atoms with Crippen LogP contribution in [-0.4, -0.2) is 22.0 Å². The molecule has 3 N–H and O–H groups in total. The predicted octanol–water partition coefficient (Wildman–Crippen LogP) is 2.89. The highest BCUT2D eigenvalue weighted by atomic mass is 16.4. The van der Waals surface area contributed by atoms with Crippen molar-refractivity contribution in [2.75, 3.05) is 5.32 Å². The van der Waals surface area contributed by atoms with E-state index in [0.717, 1.165) is 11.3 Å². The summed E-state index contributed by atoms with van der Waals surface area (Å²) >= 11 is 0. The fraction of sp³-hybridized carbons (Fsp3) is 0.200. The van der Waals surface area contributed by atoms with Crippen LogP contribution in [0.5, 0.6) is 0 Å². The monoisotopic (exact) mass is 272 g/mol. The highest BCUT2D eigenvalue weighted by molar-refractivity contribution is 6.08. The SMILES string of the molecule is Cc1ccccc1NC(=O)c1c(C)[nH]c(C(=O)O)c1C. The molecule has 2 aromatic rings. The maximum Gasteiger partial charge on any atom is 0.352 e. The van der Waals surface area contributed by atoms with Crippen LogP contribution < -0.4 is 5.32 Å². The largest absolute Gasteiger partial charge is 0.477 e. The third-order valence-corrected chi connectivity index (χ3v) is 3.27. The lowest BCUT2D eigenvalue weighted by atomic mass is 10.1. The Balaban J connectivity index is 2.35. The third kappa shape index (κ3) is 2.42. The maximum atomic E-state index is 12.3. The Morgan fingerprint density at radius 2 is 1.80 bits per heavy atom. The third-order valence-electron chi connectivity index (χ3n) is 3.27. The number of hydrogen-bond donors (Lipinski definition) is 3. The Morgan fingerprint density at radius 3 is 2.35 bits per heavy atom. The molecule has 5 nitrogen and oxygen atoms in total. The minimum atomic E-state index is -1.07. The van der Waals surface area contributed by atoms with E-state index in [1.165, 1.54) is 0 Å². The predicted molar refractivity (Wildman–Crippen MR) is 76.4 cm³/mol. The van der Waals surface area contributed by atoms with Gasteiger partial charge < -0.3 is 15.4 Å². The smallest absolute Gasteiger partial charge is 0.352 e. The van der Waals surface area contributed by atoms with Crippen molar-refractivity contribution in [2.45, 2.75) is 20.8 Å². The first-order chi connectivity index (χ1) is 9.41. The molecule has 1 amide bonds. The summed E-state index contributed by atoms with van der Waals surface area (Å²) in [5.41, 5.74) is 3.09. The fourth-order valence-electron chi connectivity index (χ4n) is 2.20. The number of nitrogens with one attached hydrogen (secondary N) is 2. The lowest BCUT2D eigenvalue weighted by molar-refractivity contribution is 0.0690. The number of carboxylic acid groups (broad SMARTS) is 1. The Morgan fingerprint density at radius 1 is 1.15 bits per heavy atom. The van der Waals surface area contributed by atoms with E-state index in [1.807, 2.05) is 31.2 Å². The van der Waals surface area contributed by atoms with Crippen LogP contribution >= 0.6 is 0 Å². The zero-order valence-corrected chi connectivity index (χ0v) is 11.6. The number of H-pyrrole nitrogens is 1. The quantitative estimate of drug-likeness (QED) is 0.803. The molecule has 0 radical (unpaired) electrons. The van der Waals surface area contributed by atoms with Gasteiger partial charge in [-0.15, -0.1) is 0 Å². The second kappa shape index (κ2) is 5.21. The number of aromatic nitrogens is 1. The molecular weight excluding hydrogens is 256 g/mol. The number of hydrogen-bond acceptors (Lipinski definition) is 2. The highest BCUT2D eigenvalue weighted by Crippen LogP contribution is 2.21. The van der Waals surface area contributed by atoms with Gasteiger partial charge in [0.2, 0.25) is 0 Å². The number of carboxylic acids is 1. The van der Waals surface area contributed by atoms with Gasteiger partial charge >= 0.3 is 5.97 Å². The van der Waals surface area contributed by atoms with E-state index in [1.54, 1.807) is 13.8 Å². The molecule has 104 valence electrons. The van der Waals surface area contributed by atoms with Gasteiger partial charge in [-0.1, -0.05) is 18.2 Å². The molecule has 5 heteroatoms. The average molecular weight is 272 g/mol. The first kappa shape index (κ1) is 13.9. The summed E-state index contributed by atoms with van der Waals surface area (Å²) in [6.07, 6.45) is 0. The number of carbonyl (C=O) groups excluding carboxylic acids is 1. The maximum absolute atomic E-state index is 12.3. The van der Waals surface area contributed by atoms with Gasteiger partial charge in [-0.25, -0.2) is 4.79 Å². The summed E-state index contributed by atoms with van der Waals surface area (Å²) in [4.78, 5) is 26.1. The van der Waals surface area contributed by atoms with Gasteiger partial charge in [-0.3, -0.25) is 4.79 Å². The number of carbonyl (C=O) groups is 2.